The van der Waals surface area contributed by atoms with Crippen molar-refractivity contribution in [2.45, 2.75) is 138 Å². The zero-order chi connectivity index (χ0) is 55.8. The molecule has 3 aliphatic heterocycles. The molecule has 32 heteroatoms. The van der Waals surface area contributed by atoms with Gasteiger partial charge in [-0.2, -0.15) is 20.2 Å². The third-order valence-corrected chi connectivity index (χ3v) is 16.9. The molecule has 3 aliphatic rings. The van der Waals surface area contributed by atoms with E-state index >= 15 is 0 Å². The highest BCUT2D eigenvalue weighted by atomic mass is 33.1. The number of hydrogen-bond acceptors (Lipinski definition) is 16. The number of benzene rings is 1. The van der Waals surface area contributed by atoms with Crippen molar-refractivity contribution < 1.29 is 78.5 Å². The van der Waals surface area contributed by atoms with Gasteiger partial charge in [0.2, 0.25) is 23.6 Å². The van der Waals surface area contributed by atoms with Gasteiger partial charge in [0.05, 0.1) is 24.9 Å². The van der Waals surface area contributed by atoms with E-state index in [-0.39, 0.29) is 92.4 Å². The van der Waals surface area contributed by atoms with Crippen LogP contribution in [0.15, 0.2) is 5.11 Å². The second kappa shape index (κ2) is 32.2. The Labute approximate surface area is 447 Å². The van der Waals surface area contributed by atoms with Crippen LogP contribution in [-0.4, -0.2) is 143 Å². The normalized spacial score (nSPS) is 18.2. The molecule has 3 saturated heterocycles. The fourth-order valence-electron chi connectivity index (χ4n) is 7.97. The number of unbranched alkanes of at least 4 members (excludes halogenated alkanes) is 6. The van der Waals surface area contributed by atoms with Crippen LogP contribution in [0.4, 0.5) is 28.0 Å². The summed E-state index contributed by atoms with van der Waals surface area (Å²) in [6, 6.07) is -0.790. The Morgan fingerprint density at radius 2 is 1.36 bits per heavy atom. The minimum absolute atomic E-state index is 0.00713. The van der Waals surface area contributed by atoms with Crippen LogP contribution in [0.5, 0.6) is 0 Å². The summed E-state index contributed by atoms with van der Waals surface area (Å²) in [7, 11) is -2.45. The molecular weight excluding hydrogens is 1090 g/mol. The van der Waals surface area contributed by atoms with Gasteiger partial charge in [0.1, 0.15) is 17.3 Å². The molecule has 1 unspecified atom stereocenters. The van der Waals surface area contributed by atoms with Gasteiger partial charge in [0, 0.05) is 72.9 Å². The lowest BCUT2D eigenvalue weighted by Crippen LogP contribution is -2.47. The first kappa shape index (κ1) is 63.0. The third kappa shape index (κ3) is 20.4. The maximum Gasteiger partial charge on any atom is 0.334 e. The van der Waals surface area contributed by atoms with E-state index in [2.05, 4.69) is 52.1 Å². The predicted octanol–water partition coefficient (Wildman–Crippen LogP) is 4.01. The summed E-state index contributed by atoms with van der Waals surface area (Å²) in [5.41, 5.74) is 5.28. The minimum atomic E-state index is -4.88. The number of nitrogens with zero attached hydrogens (tertiary/aromatic N) is 4. The summed E-state index contributed by atoms with van der Waals surface area (Å²) in [5, 5.41) is 20.1. The molecule has 3 heterocycles. The van der Waals surface area contributed by atoms with Crippen LogP contribution in [0.1, 0.15) is 120 Å². The summed E-state index contributed by atoms with van der Waals surface area (Å²) in [4.78, 5) is 118. The van der Waals surface area contributed by atoms with Gasteiger partial charge in [0.15, 0.2) is 28.5 Å². The molecule has 422 valence electrons. The Balaban J connectivity index is 1.11. The molecule has 1 aromatic rings. The van der Waals surface area contributed by atoms with E-state index in [1.165, 1.54) is 21.6 Å². The first-order valence-corrected chi connectivity index (χ1v) is 29.5. The second-order valence-corrected chi connectivity index (χ2v) is 23.2. The van der Waals surface area contributed by atoms with E-state index in [1.54, 1.807) is 0 Å². The lowest BCUT2D eigenvalue weighted by atomic mass is 10.0. The van der Waals surface area contributed by atoms with Crippen molar-refractivity contribution in [3.05, 3.63) is 39.3 Å². The molecule has 76 heavy (non-hydrogen) atoms. The smallest absolute Gasteiger partial charge is 0.334 e. The number of hydroxylamine groups is 2. The highest BCUT2D eigenvalue weighted by Crippen LogP contribution is 2.34. The number of amides is 9. The van der Waals surface area contributed by atoms with E-state index in [0.29, 0.717) is 62.6 Å². The zero-order valence-corrected chi connectivity index (χ0v) is 44.4. The van der Waals surface area contributed by atoms with E-state index < -0.39 is 97.9 Å². The number of azide groups is 1. The molecule has 24 nitrogen and oxygen atoms in total. The monoisotopic (exact) mass is 1160 g/mol. The lowest BCUT2D eigenvalue weighted by Gasteiger charge is -2.19. The van der Waals surface area contributed by atoms with Crippen LogP contribution in [0.3, 0.4) is 0 Å². The zero-order valence-electron chi connectivity index (χ0n) is 41.1. The minimum Gasteiger partial charge on any atom is -0.356 e. The predicted molar refractivity (Wildman–Crippen MR) is 271 cm³/mol. The second-order valence-electron chi connectivity index (χ2n) is 17.6. The van der Waals surface area contributed by atoms with Crippen molar-refractivity contribution in [3.8, 4) is 0 Å². The molecule has 9 amide bonds. The number of nitrogens with one attached hydrogen (secondary N) is 7. The average molecular weight is 1160 g/mol. The molecule has 0 aliphatic carbocycles. The molecule has 8 N–H and O–H groups in total. The Morgan fingerprint density at radius 3 is 1.97 bits per heavy atom. The number of urea groups is 1. The standard InChI is InChI=1S/C44H61F4N11O13S4/c45-35-34(36(46)38(48)40(37(35)47)57-58-49)42(66)52-19-9-2-4-15-31(62)54-25(41(65)53-20-22-75-74-21-16-33(64)72-59-32(63)23-28(43(59)67)76(69,70)71)11-7-10-18-51-29(60)13-3-1-8-17-50-30(61)14-6-5-12-27-39-26(24-73-27)55-44(68)56-39/h25-28,39H,1-24H2,(H,50,61)(H,51,60)(H,52,66)(H,53,65)(H,54,62)(H2,55,56,68)(H,69,70,71)/t25-,26-,27-,28?,39-/m0/s1. The number of imide groups is 1. The van der Waals surface area contributed by atoms with Crippen molar-refractivity contribution in [1.29, 1.82) is 0 Å². The summed E-state index contributed by atoms with van der Waals surface area (Å²) < 4.78 is 88.6. The van der Waals surface area contributed by atoms with E-state index in [9.17, 15) is 69.1 Å². The number of fused-ring (bicyclic) bond motifs is 1. The van der Waals surface area contributed by atoms with Crippen LogP contribution >= 0.6 is 33.3 Å². The van der Waals surface area contributed by atoms with Gasteiger partial charge in [-0.3, -0.25) is 38.1 Å². The maximum absolute atomic E-state index is 14.4. The Bertz CT molecular complexity index is 2420. The molecule has 0 spiro atoms. The number of carbonyl (C=O) groups excluding carboxylic acids is 9. The fraction of sp³-hybridized carbons (Fsp3) is 0.659. The number of carbonyl (C=O) groups is 9. The summed E-state index contributed by atoms with van der Waals surface area (Å²) in [6.07, 6.45) is 5.91. The van der Waals surface area contributed by atoms with Crippen LogP contribution in [0, 0.1) is 23.3 Å². The van der Waals surface area contributed by atoms with Gasteiger partial charge in [-0.15, -0.1) is 5.06 Å². The quantitative estimate of drug-likeness (QED) is 0.00455. The van der Waals surface area contributed by atoms with Gasteiger partial charge in [-0.25, -0.2) is 27.2 Å². The van der Waals surface area contributed by atoms with Crippen molar-refractivity contribution in [2.75, 3.05) is 43.4 Å². The summed E-state index contributed by atoms with van der Waals surface area (Å²) in [6.45, 7) is 0.738. The van der Waals surface area contributed by atoms with Crippen molar-refractivity contribution in [3.63, 3.8) is 0 Å². The Morgan fingerprint density at radius 1 is 0.763 bits per heavy atom. The average Bonchev–Trinajstić information content (AvgIpc) is 4.03. The largest absolute Gasteiger partial charge is 0.356 e. The van der Waals surface area contributed by atoms with Gasteiger partial charge in [0.25, 0.3) is 27.8 Å². The third-order valence-electron chi connectivity index (χ3n) is 11.9. The topological polar surface area (TPSA) is 353 Å². The van der Waals surface area contributed by atoms with Gasteiger partial charge in [-0.1, -0.05) is 46.0 Å². The van der Waals surface area contributed by atoms with Gasteiger partial charge < -0.3 is 42.1 Å². The molecule has 0 aromatic heterocycles. The number of halogens is 4. The molecule has 0 saturated carbocycles. The first-order chi connectivity index (χ1) is 36.2. The maximum atomic E-state index is 14.4. The summed E-state index contributed by atoms with van der Waals surface area (Å²) in [5.74, 6) is -13.0. The number of rotatable bonds is 35. The van der Waals surface area contributed by atoms with Crippen molar-refractivity contribution in [2.24, 2.45) is 5.11 Å². The van der Waals surface area contributed by atoms with E-state index in [0.717, 1.165) is 31.4 Å². The highest BCUT2D eigenvalue weighted by Gasteiger charge is 2.48. The molecule has 0 radical (unpaired) electrons. The molecule has 0 bridgehead atoms. The van der Waals surface area contributed by atoms with E-state index in [1.807, 2.05) is 11.8 Å². The van der Waals surface area contributed by atoms with Crippen molar-refractivity contribution in [1.82, 2.24) is 42.3 Å². The molecule has 1 aromatic carbocycles. The Kier molecular flexibility index (Phi) is 26.7. The SMILES string of the molecule is [N-]=[N+]=Nc1c(F)c(F)c(C(=O)NCCCCCC(=O)N[C@@H](CCCCNC(=O)CCCCCNC(=O)CCCC[C@@H]2SC[C@@H]3NC(=O)N[C@@H]32)C(=O)NCCSSCCC(=O)ON2C(=O)CC(S(=O)(=O)O)C2=O)c(F)c1F. The van der Waals surface area contributed by atoms with Crippen LogP contribution in [-0.2, 0) is 48.5 Å². The molecule has 3 fully saturated rings. The lowest BCUT2D eigenvalue weighted by molar-refractivity contribution is -0.197. The molecule has 4 rings (SSSR count). The van der Waals surface area contributed by atoms with Crippen LogP contribution < -0.4 is 37.2 Å². The van der Waals surface area contributed by atoms with E-state index in [4.69, 9.17) is 10.1 Å². The van der Waals surface area contributed by atoms with Crippen LogP contribution in [0.25, 0.3) is 10.4 Å². The number of hydrogen-bond donors (Lipinski definition) is 8. The van der Waals surface area contributed by atoms with Crippen molar-refractivity contribution >= 4 is 103 Å². The first-order valence-electron chi connectivity index (χ1n) is 24.5. The highest BCUT2D eigenvalue weighted by molar-refractivity contribution is 8.76. The van der Waals surface area contributed by atoms with Crippen LogP contribution in [0.2, 0.25) is 0 Å². The Hall–Kier alpha value is -5.56. The van der Waals surface area contributed by atoms with Gasteiger partial charge >= 0.3 is 12.0 Å². The number of thioether (sulfide) groups is 1. The van der Waals surface area contributed by atoms with Gasteiger partial charge in [-0.05, 0) is 63.3 Å². The molecular formula is C44H61F4N11O13S4. The summed E-state index contributed by atoms with van der Waals surface area (Å²) >= 11 is 1.84. The fourth-order valence-corrected chi connectivity index (χ4v) is 12.1. The molecule has 5 atom stereocenters.